The third-order valence-electron chi connectivity index (χ3n) is 5.14. The maximum atomic E-state index is 3.83. The van der Waals surface area contributed by atoms with Crippen LogP contribution in [-0.2, 0) is 0 Å². The Hall–Kier alpha value is -0.0400. The molecule has 0 aliphatic carbocycles. The van der Waals surface area contributed by atoms with Gasteiger partial charge in [0.05, 0.1) is 0 Å². The average Bonchev–Trinajstić information content (AvgIpc) is 2.89. The van der Waals surface area contributed by atoms with Crippen LogP contribution in [0.4, 0.5) is 0 Å². The highest BCUT2D eigenvalue weighted by atomic mass is 15.0. The molecule has 1 N–H and O–H groups in total. The first-order valence-corrected chi connectivity index (χ1v) is 9.93. The lowest BCUT2D eigenvalue weighted by Crippen LogP contribution is -2.40. The minimum atomic E-state index is 0.508. The van der Waals surface area contributed by atoms with Crippen LogP contribution in [0.25, 0.3) is 0 Å². The Bertz CT molecular complexity index is 228. The van der Waals surface area contributed by atoms with Crippen molar-refractivity contribution in [3.8, 4) is 0 Å². The van der Waals surface area contributed by atoms with E-state index in [0.29, 0.717) is 5.54 Å². The zero-order valence-corrected chi connectivity index (χ0v) is 15.2. The summed E-state index contributed by atoms with van der Waals surface area (Å²) in [6.07, 6.45) is 20.1. The minimum Gasteiger partial charge on any atom is -0.311 e. The summed E-state index contributed by atoms with van der Waals surface area (Å²) in [6.45, 7) is 8.30. The van der Waals surface area contributed by atoms with E-state index in [1.165, 1.54) is 96.4 Å². The molecule has 21 heavy (non-hydrogen) atoms. The van der Waals surface area contributed by atoms with Gasteiger partial charge in [-0.25, -0.2) is 0 Å². The summed E-state index contributed by atoms with van der Waals surface area (Å²) in [5.41, 5.74) is 0.508. The fraction of sp³-hybridized carbons (Fsp3) is 1.00. The largest absolute Gasteiger partial charge is 0.311 e. The SMILES string of the molecule is CCCCCCCCCCCCC1(CC(C)C)CCCN1. The molecule has 0 bridgehead atoms. The second-order valence-corrected chi connectivity index (χ2v) is 7.84. The molecule has 1 atom stereocenters. The van der Waals surface area contributed by atoms with Gasteiger partial charge in [-0.1, -0.05) is 85.0 Å². The van der Waals surface area contributed by atoms with Crippen molar-refractivity contribution in [3.05, 3.63) is 0 Å². The summed E-state index contributed by atoms with van der Waals surface area (Å²) in [5, 5.41) is 3.83. The monoisotopic (exact) mass is 295 g/mol. The first-order valence-electron chi connectivity index (χ1n) is 9.93. The molecular formula is C20H41N. The Morgan fingerprint density at radius 3 is 1.90 bits per heavy atom. The molecule has 0 saturated carbocycles. The summed E-state index contributed by atoms with van der Waals surface area (Å²) >= 11 is 0. The fourth-order valence-corrected chi connectivity index (χ4v) is 4.09. The molecule has 0 aromatic rings. The van der Waals surface area contributed by atoms with Gasteiger partial charge in [-0.05, 0) is 38.1 Å². The van der Waals surface area contributed by atoms with Crippen LogP contribution in [0.15, 0.2) is 0 Å². The van der Waals surface area contributed by atoms with Crippen molar-refractivity contribution < 1.29 is 0 Å². The maximum absolute atomic E-state index is 3.83. The Labute approximate surface area is 134 Å². The molecule has 0 aromatic heterocycles. The quantitative estimate of drug-likeness (QED) is 0.384. The van der Waals surface area contributed by atoms with E-state index in [2.05, 4.69) is 26.1 Å². The smallest absolute Gasteiger partial charge is 0.0184 e. The first-order chi connectivity index (χ1) is 10.2. The number of rotatable bonds is 13. The summed E-state index contributed by atoms with van der Waals surface area (Å²) in [4.78, 5) is 0. The molecule has 0 spiro atoms. The van der Waals surface area contributed by atoms with Crippen LogP contribution >= 0.6 is 0 Å². The highest BCUT2D eigenvalue weighted by Gasteiger charge is 2.32. The molecule has 1 fully saturated rings. The Balaban J connectivity index is 1.97. The van der Waals surface area contributed by atoms with Crippen LogP contribution in [0, 0.1) is 5.92 Å². The van der Waals surface area contributed by atoms with Gasteiger partial charge in [0, 0.05) is 5.54 Å². The zero-order chi connectivity index (χ0) is 15.4. The summed E-state index contributed by atoms with van der Waals surface area (Å²) in [7, 11) is 0. The van der Waals surface area contributed by atoms with E-state index in [0.717, 1.165) is 5.92 Å². The van der Waals surface area contributed by atoms with E-state index in [1.807, 2.05) is 0 Å². The topological polar surface area (TPSA) is 12.0 Å². The van der Waals surface area contributed by atoms with Crippen molar-refractivity contribution >= 4 is 0 Å². The van der Waals surface area contributed by atoms with E-state index in [9.17, 15) is 0 Å². The van der Waals surface area contributed by atoms with Crippen molar-refractivity contribution in [2.45, 2.75) is 116 Å². The Morgan fingerprint density at radius 2 is 1.43 bits per heavy atom. The van der Waals surface area contributed by atoms with Gasteiger partial charge in [-0.3, -0.25) is 0 Å². The Morgan fingerprint density at radius 1 is 0.857 bits per heavy atom. The molecule has 1 aliphatic rings. The summed E-state index contributed by atoms with van der Waals surface area (Å²) < 4.78 is 0. The number of nitrogens with one attached hydrogen (secondary N) is 1. The van der Waals surface area contributed by atoms with Gasteiger partial charge in [0.2, 0.25) is 0 Å². The number of unbranched alkanes of at least 4 members (excludes halogenated alkanes) is 9. The maximum Gasteiger partial charge on any atom is 0.0184 e. The minimum absolute atomic E-state index is 0.508. The lowest BCUT2D eigenvalue weighted by Gasteiger charge is -2.31. The molecule has 1 heteroatoms. The van der Waals surface area contributed by atoms with Gasteiger partial charge in [-0.2, -0.15) is 0 Å². The molecule has 1 nitrogen and oxygen atoms in total. The standard InChI is InChI=1S/C20H41N/c1-4-5-6-7-8-9-10-11-12-13-15-20(18-19(2)3)16-14-17-21-20/h19,21H,4-18H2,1-3H3. The lowest BCUT2D eigenvalue weighted by atomic mass is 9.83. The van der Waals surface area contributed by atoms with Crippen LogP contribution in [0.1, 0.15) is 111 Å². The van der Waals surface area contributed by atoms with Crippen LogP contribution in [-0.4, -0.2) is 12.1 Å². The van der Waals surface area contributed by atoms with Crippen LogP contribution < -0.4 is 5.32 Å². The van der Waals surface area contributed by atoms with Gasteiger partial charge in [0.1, 0.15) is 0 Å². The van der Waals surface area contributed by atoms with Crippen molar-refractivity contribution in [3.63, 3.8) is 0 Å². The zero-order valence-electron chi connectivity index (χ0n) is 15.2. The average molecular weight is 296 g/mol. The van der Waals surface area contributed by atoms with Gasteiger partial charge in [0.15, 0.2) is 0 Å². The van der Waals surface area contributed by atoms with Gasteiger partial charge >= 0.3 is 0 Å². The summed E-state index contributed by atoms with van der Waals surface area (Å²) in [5.74, 6) is 0.832. The van der Waals surface area contributed by atoms with Crippen molar-refractivity contribution in [2.75, 3.05) is 6.54 Å². The third-order valence-corrected chi connectivity index (χ3v) is 5.14. The molecule has 0 aromatic carbocycles. The summed E-state index contributed by atoms with van der Waals surface area (Å²) in [6, 6.07) is 0. The Kier molecular flexibility index (Phi) is 10.4. The van der Waals surface area contributed by atoms with Crippen molar-refractivity contribution in [1.82, 2.24) is 5.32 Å². The normalized spacial score (nSPS) is 22.3. The highest BCUT2D eigenvalue weighted by Crippen LogP contribution is 2.32. The van der Waals surface area contributed by atoms with E-state index in [-0.39, 0.29) is 0 Å². The van der Waals surface area contributed by atoms with Gasteiger partial charge in [-0.15, -0.1) is 0 Å². The van der Waals surface area contributed by atoms with Gasteiger partial charge < -0.3 is 5.32 Å². The predicted molar refractivity (Wildman–Crippen MR) is 95.9 cm³/mol. The lowest BCUT2D eigenvalue weighted by molar-refractivity contribution is 0.274. The van der Waals surface area contributed by atoms with E-state index in [4.69, 9.17) is 0 Å². The molecule has 0 radical (unpaired) electrons. The highest BCUT2D eigenvalue weighted by molar-refractivity contribution is 4.93. The molecule has 126 valence electrons. The molecule has 0 amide bonds. The molecule has 1 saturated heterocycles. The molecule has 1 aliphatic heterocycles. The number of hydrogen-bond acceptors (Lipinski definition) is 1. The van der Waals surface area contributed by atoms with E-state index < -0.39 is 0 Å². The van der Waals surface area contributed by atoms with Gasteiger partial charge in [0.25, 0.3) is 0 Å². The molecule has 1 heterocycles. The molecule has 1 unspecified atom stereocenters. The first kappa shape index (κ1) is 19.0. The third kappa shape index (κ3) is 8.86. The second kappa shape index (κ2) is 11.5. The second-order valence-electron chi connectivity index (χ2n) is 7.84. The van der Waals surface area contributed by atoms with Crippen molar-refractivity contribution in [2.24, 2.45) is 5.92 Å². The predicted octanol–water partition coefficient (Wildman–Crippen LogP) is 6.47. The van der Waals surface area contributed by atoms with Crippen molar-refractivity contribution in [1.29, 1.82) is 0 Å². The molecule has 1 rings (SSSR count). The van der Waals surface area contributed by atoms with Crippen LogP contribution in [0.5, 0.6) is 0 Å². The van der Waals surface area contributed by atoms with E-state index >= 15 is 0 Å². The van der Waals surface area contributed by atoms with Crippen LogP contribution in [0.3, 0.4) is 0 Å². The molecular weight excluding hydrogens is 254 g/mol. The fourth-order valence-electron chi connectivity index (χ4n) is 4.09. The van der Waals surface area contributed by atoms with E-state index in [1.54, 1.807) is 0 Å². The number of hydrogen-bond donors (Lipinski definition) is 1. The van der Waals surface area contributed by atoms with Crippen LogP contribution in [0.2, 0.25) is 0 Å².